The highest BCUT2D eigenvalue weighted by molar-refractivity contribution is 5.64. The number of hydrogen-bond acceptors (Lipinski definition) is 8. The van der Waals surface area contributed by atoms with E-state index < -0.39 is 31.1 Å². The molecule has 0 amide bonds. The summed E-state index contributed by atoms with van der Waals surface area (Å²) in [6.45, 7) is -0.402. The van der Waals surface area contributed by atoms with Crippen LogP contribution in [0.1, 0.15) is 6.23 Å². The summed E-state index contributed by atoms with van der Waals surface area (Å²) in [7, 11) is 0. The molecule has 0 aliphatic carbocycles. The van der Waals surface area contributed by atoms with Gasteiger partial charge in [-0.25, -0.2) is 15.0 Å². The maximum atomic E-state index is 9.93. The predicted molar refractivity (Wildman–Crippen MR) is 61.9 cm³/mol. The van der Waals surface area contributed by atoms with E-state index in [1.807, 2.05) is 0 Å². The molecule has 1 saturated heterocycles. The van der Waals surface area contributed by atoms with Gasteiger partial charge in [0.1, 0.15) is 42.5 Å². The van der Waals surface area contributed by atoms with Gasteiger partial charge in [0.05, 0.1) is 6.61 Å². The van der Waals surface area contributed by atoms with E-state index in [1.54, 1.807) is 0 Å². The zero-order chi connectivity index (χ0) is 13.6. The zero-order valence-corrected chi connectivity index (χ0v) is 9.79. The molecule has 0 spiro atoms. The zero-order valence-electron chi connectivity index (χ0n) is 9.79. The van der Waals surface area contributed by atoms with Crippen molar-refractivity contribution in [1.82, 2.24) is 19.5 Å². The Morgan fingerprint density at radius 1 is 1.26 bits per heavy atom. The quantitative estimate of drug-likeness (QED) is 0.488. The van der Waals surface area contributed by atoms with E-state index in [-0.39, 0.29) is 5.82 Å². The number of nitrogens with zero attached hydrogens (tertiary/aromatic N) is 4. The SMILES string of the molecule is Nc1c2ncnc-2ncn1[C@@H]1O[C@H](CO)[C@H](O)[C@@H]1O. The van der Waals surface area contributed by atoms with Crippen LogP contribution in [0.3, 0.4) is 0 Å². The number of nitrogens with two attached hydrogens (primary N) is 1. The van der Waals surface area contributed by atoms with Gasteiger partial charge >= 0.3 is 0 Å². The molecular weight excluding hydrogens is 254 g/mol. The summed E-state index contributed by atoms with van der Waals surface area (Å²) >= 11 is 0. The van der Waals surface area contributed by atoms with Gasteiger partial charge < -0.3 is 25.8 Å². The molecule has 19 heavy (non-hydrogen) atoms. The number of anilines is 1. The van der Waals surface area contributed by atoms with E-state index >= 15 is 0 Å². The fourth-order valence-corrected chi connectivity index (χ4v) is 2.15. The van der Waals surface area contributed by atoms with E-state index in [2.05, 4.69) is 15.0 Å². The first-order valence-electron chi connectivity index (χ1n) is 5.69. The van der Waals surface area contributed by atoms with Crippen molar-refractivity contribution in [1.29, 1.82) is 0 Å². The minimum Gasteiger partial charge on any atom is -0.394 e. The summed E-state index contributed by atoms with van der Waals surface area (Å²) in [5.41, 5.74) is 6.31. The number of fused-ring (bicyclic) bond motifs is 1. The molecule has 9 heteroatoms. The van der Waals surface area contributed by atoms with Crippen LogP contribution >= 0.6 is 0 Å². The second kappa shape index (κ2) is 4.38. The molecule has 102 valence electrons. The third-order valence-corrected chi connectivity index (χ3v) is 3.20. The molecule has 0 aromatic rings. The van der Waals surface area contributed by atoms with Crippen molar-refractivity contribution >= 4 is 5.82 Å². The Bertz CT molecular complexity index is 561. The van der Waals surface area contributed by atoms with Gasteiger partial charge in [-0.2, -0.15) is 0 Å². The monoisotopic (exact) mass is 267 g/mol. The topological polar surface area (TPSA) is 140 Å². The lowest BCUT2D eigenvalue weighted by Crippen LogP contribution is -2.33. The summed E-state index contributed by atoms with van der Waals surface area (Å²) in [5, 5.41) is 28.7. The van der Waals surface area contributed by atoms with E-state index in [0.29, 0.717) is 11.5 Å². The van der Waals surface area contributed by atoms with Crippen molar-refractivity contribution in [3.05, 3.63) is 12.7 Å². The molecule has 0 radical (unpaired) electrons. The van der Waals surface area contributed by atoms with Crippen molar-refractivity contribution < 1.29 is 20.1 Å². The summed E-state index contributed by atoms with van der Waals surface area (Å²) in [6, 6.07) is 0. The lowest BCUT2D eigenvalue weighted by molar-refractivity contribution is -0.0523. The Hall–Kier alpha value is -1.81. The molecule has 1 fully saturated rings. The van der Waals surface area contributed by atoms with E-state index in [4.69, 9.17) is 15.6 Å². The minimum absolute atomic E-state index is 0.220. The Kier molecular flexibility index (Phi) is 2.82. The summed E-state index contributed by atoms with van der Waals surface area (Å²) in [6.07, 6.45) is -1.52. The number of rotatable bonds is 2. The third-order valence-electron chi connectivity index (χ3n) is 3.20. The number of hydrogen-bond donors (Lipinski definition) is 4. The molecule has 5 N–H and O–H groups in total. The first kappa shape index (κ1) is 12.2. The maximum Gasteiger partial charge on any atom is 0.184 e. The summed E-state index contributed by atoms with van der Waals surface area (Å²) in [5.74, 6) is 0.609. The minimum atomic E-state index is -1.22. The molecule has 0 unspecified atom stereocenters. The van der Waals surface area contributed by atoms with E-state index in [9.17, 15) is 10.2 Å². The Morgan fingerprint density at radius 3 is 2.74 bits per heavy atom. The van der Waals surface area contributed by atoms with Crippen molar-refractivity contribution in [3.8, 4) is 11.5 Å². The van der Waals surface area contributed by atoms with Gasteiger partial charge in [-0.15, -0.1) is 0 Å². The van der Waals surface area contributed by atoms with Gasteiger partial charge in [-0.3, -0.25) is 4.57 Å². The molecule has 0 bridgehead atoms. The van der Waals surface area contributed by atoms with Crippen molar-refractivity contribution in [2.75, 3.05) is 12.3 Å². The lowest BCUT2D eigenvalue weighted by Gasteiger charge is -2.21. The molecule has 3 rings (SSSR count). The second-order valence-corrected chi connectivity index (χ2v) is 4.31. The second-order valence-electron chi connectivity index (χ2n) is 4.31. The standard InChI is InChI=1S/C10H13N5O4/c11-8-5-9(13-2-12-5)14-3-15(8)10-7(18)6(17)4(1-16)19-10/h2-4,6-7,10,16-18H,1,11H2/t4-,6+,7+,10-/m1/s1. The van der Waals surface area contributed by atoms with Crippen LogP contribution in [0.25, 0.3) is 11.5 Å². The van der Waals surface area contributed by atoms with Crippen LogP contribution in [-0.2, 0) is 4.74 Å². The van der Waals surface area contributed by atoms with Crippen molar-refractivity contribution in [2.24, 2.45) is 0 Å². The lowest BCUT2D eigenvalue weighted by atomic mass is 10.1. The van der Waals surface area contributed by atoms with Crippen molar-refractivity contribution in [2.45, 2.75) is 24.5 Å². The highest BCUT2D eigenvalue weighted by Gasteiger charge is 2.44. The number of nitrogen functional groups attached to an aromatic ring is 1. The van der Waals surface area contributed by atoms with Gasteiger partial charge in [0.2, 0.25) is 0 Å². The normalized spacial score (nSPS) is 31.1. The van der Waals surface area contributed by atoms with Gasteiger partial charge in [-0.05, 0) is 0 Å². The molecule has 0 aromatic carbocycles. The Balaban J connectivity index is 2.01. The number of aliphatic hydroxyl groups excluding tert-OH is 3. The van der Waals surface area contributed by atoms with Gasteiger partial charge in [0, 0.05) is 0 Å². The average Bonchev–Trinajstić information content (AvgIpc) is 2.98. The Morgan fingerprint density at radius 2 is 2.05 bits per heavy atom. The first-order chi connectivity index (χ1) is 9.13. The van der Waals surface area contributed by atoms with E-state index in [0.717, 1.165) is 0 Å². The van der Waals surface area contributed by atoms with Crippen LogP contribution in [0.2, 0.25) is 0 Å². The largest absolute Gasteiger partial charge is 0.394 e. The summed E-state index contributed by atoms with van der Waals surface area (Å²) in [4.78, 5) is 11.9. The smallest absolute Gasteiger partial charge is 0.184 e. The molecule has 9 nitrogen and oxygen atoms in total. The van der Waals surface area contributed by atoms with Gasteiger partial charge in [-0.1, -0.05) is 0 Å². The number of aliphatic hydroxyl groups is 3. The number of aromatic nitrogens is 4. The van der Waals surface area contributed by atoms with Crippen LogP contribution in [-0.4, -0.2) is 59.8 Å². The van der Waals surface area contributed by atoms with Crippen LogP contribution in [0.5, 0.6) is 0 Å². The van der Waals surface area contributed by atoms with Crippen LogP contribution in [0.4, 0.5) is 5.82 Å². The fourth-order valence-electron chi connectivity index (χ4n) is 2.15. The van der Waals surface area contributed by atoms with Gasteiger partial charge in [0.25, 0.3) is 0 Å². The first-order valence-corrected chi connectivity index (χ1v) is 5.69. The molecule has 3 aliphatic heterocycles. The average molecular weight is 267 g/mol. The van der Waals surface area contributed by atoms with Crippen molar-refractivity contribution in [3.63, 3.8) is 0 Å². The van der Waals surface area contributed by atoms with Gasteiger partial charge in [0.15, 0.2) is 12.1 Å². The molecular formula is C10H13N5O4. The number of imidazole rings is 1. The van der Waals surface area contributed by atoms with E-state index in [1.165, 1.54) is 17.2 Å². The molecule has 4 atom stereocenters. The highest BCUT2D eigenvalue weighted by Crippen LogP contribution is 2.33. The maximum absolute atomic E-state index is 9.93. The summed E-state index contributed by atoms with van der Waals surface area (Å²) < 4.78 is 6.73. The highest BCUT2D eigenvalue weighted by atomic mass is 16.6. The predicted octanol–water partition coefficient (Wildman–Crippen LogP) is -2.03. The van der Waals surface area contributed by atoms with Crippen LogP contribution < -0.4 is 5.73 Å². The molecule has 3 aliphatic rings. The van der Waals surface area contributed by atoms with Crippen LogP contribution in [0.15, 0.2) is 12.7 Å². The molecule has 0 saturated carbocycles. The Labute approximate surface area is 107 Å². The molecule has 3 heterocycles. The molecule has 0 aromatic heterocycles. The third kappa shape index (κ3) is 1.75. The van der Waals surface area contributed by atoms with Crippen LogP contribution in [0, 0.1) is 0 Å². The number of ether oxygens (including phenoxy) is 1. The fraction of sp³-hybridized carbons (Fsp3) is 0.500.